The maximum absolute atomic E-state index is 13.2. The van der Waals surface area contributed by atoms with E-state index in [1.165, 1.54) is 23.4 Å². The number of halogens is 1. The average Bonchev–Trinajstić information content (AvgIpc) is 3.23. The molecule has 0 spiro atoms. The van der Waals surface area contributed by atoms with Crippen molar-refractivity contribution in [3.05, 3.63) is 76.9 Å². The zero-order chi connectivity index (χ0) is 21.4. The topological polar surface area (TPSA) is 63.5 Å². The smallest absolute Gasteiger partial charge is 0.276 e. The summed E-state index contributed by atoms with van der Waals surface area (Å²) in [5, 5.41) is 8.36. The van der Waals surface area contributed by atoms with E-state index in [2.05, 4.69) is 46.4 Å². The van der Waals surface area contributed by atoms with Crippen molar-refractivity contribution in [2.45, 2.75) is 26.2 Å². The molecule has 5 rings (SSSR count). The van der Waals surface area contributed by atoms with Gasteiger partial charge < -0.3 is 14.5 Å². The van der Waals surface area contributed by atoms with Crippen LogP contribution in [0.1, 0.15) is 33.4 Å². The van der Waals surface area contributed by atoms with Crippen LogP contribution in [-0.2, 0) is 17.9 Å². The van der Waals surface area contributed by atoms with E-state index in [1.807, 2.05) is 4.90 Å². The number of aromatic nitrogens is 3. The van der Waals surface area contributed by atoms with Gasteiger partial charge in [0.2, 0.25) is 0 Å². The summed E-state index contributed by atoms with van der Waals surface area (Å²) in [4.78, 5) is 17.2. The van der Waals surface area contributed by atoms with Crippen LogP contribution in [0.4, 0.5) is 10.1 Å². The lowest BCUT2D eigenvalue weighted by Crippen LogP contribution is -2.49. The lowest BCUT2D eigenvalue weighted by Gasteiger charge is -2.36. The van der Waals surface area contributed by atoms with Crippen LogP contribution >= 0.6 is 0 Å². The Hall–Kier alpha value is -3.26. The fraction of sp³-hybridized carbons (Fsp3) is 0.348. The minimum atomic E-state index is -0.281. The number of benzene rings is 2. The lowest BCUT2D eigenvalue weighted by molar-refractivity contribution is -0.00199. The highest BCUT2D eigenvalue weighted by Gasteiger charge is 2.31. The summed E-state index contributed by atoms with van der Waals surface area (Å²) in [6.07, 6.45) is -0.240. The van der Waals surface area contributed by atoms with Crippen molar-refractivity contribution < 1.29 is 13.9 Å². The van der Waals surface area contributed by atoms with Gasteiger partial charge in [-0.3, -0.25) is 4.79 Å². The largest absolute Gasteiger partial charge is 0.368 e. The predicted molar refractivity (Wildman–Crippen MR) is 113 cm³/mol. The van der Waals surface area contributed by atoms with Gasteiger partial charge in [-0.25, -0.2) is 9.07 Å². The molecule has 160 valence electrons. The molecule has 0 aliphatic carbocycles. The third-order valence-corrected chi connectivity index (χ3v) is 6.01. The van der Waals surface area contributed by atoms with Crippen LogP contribution in [0.25, 0.3) is 0 Å². The first-order valence-corrected chi connectivity index (χ1v) is 10.5. The molecule has 1 amide bonds. The van der Waals surface area contributed by atoms with Gasteiger partial charge in [-0.15, -0.1) is 5.10 Å². The monoisotopic (exact) mass is 421 g/mol. The minimum absolute atomic E-state index is 0.103. The van der Waals surface area contributed by atoms with E-state index in [-0.39, 0.29) is 24.4 Å². The molecule has 0 saturated carbocycles. The van der Waals surface area contributed by atoms with Gasteiger partial charge in [-0.1, -0.05) is 35.0 Å². The van der Waals surface area contributed by atoms with E-state index >= 15 is 0 Å². The second kappa shape index (κ2) is 8.11. The number of nitrogens with zero attached hydrogens (tertiary/aromatic N) is 5. The number of carbonyl (C=O) groups is 1. The van der Waals surface area contributed by atoms with Crippen LogP contribution in [-0.4, -0.2) is 52.0 Å². The number of piperazine rings is 1. The molecule has 2 aliphatic rings. The zero-order valence-electron chi connectivity index (χ0n) is 17.4. The lowest BCUT2D eigenvalue weighted by atomic mass is 10.1. The molecule has 0 radical (unpaired) electrons. The molecule has 0 unspecified atom stereocenters. The van der Waals surface area contributed by atoms with E-state index in [4.69, 9.17) is 4.74 Å². The fourth-order valence-corrected chi connectivity index (χ4v) is 4.13. The van der Waals surface area contributed by atoms with Gasteiger partial charge >= 0.3 is 0 Å². The highest BCUT2D eigenvalue weighted by Crippen LogP contribution is 2.28. The normalized spacial score (nSPS) is 18.7. The molecule has 1 fully saturated rings. The Bertz CT molecular complexity index is 1070. The quantitative estimate of drug-likeness (QED) is 0.651. The van der Waals surface area contributed by atoms with Crippen molar-refractivity contribution in [2.75, 3.05) is 31.1 Å². The fourth-order valence-electron chi connectivity index (χ4n) is 4.13. The molecule has 8 heteroatoms. The third kappa shape index (κ3) is 3.90. The molecule has 1 saturated heterocycles. The Morgan fingerprint density at radius 1 is 1.03 bits per heavy atom. The highest BCUT2D eigenvalue weighted by atomic mass is 19.1. The van der Waals surface area contributed by atoms with E-state index in [0.29, 0.717) is 31.0 Å². The molecule has 2 aromatic carbocycles. The summed E-state index contributed by atoms with van der Waals surface area (Å²) in [5.74, 6) is -0.384. The van der Waals surface area contributed by atoms with Crippen LogP contribution in [0.3, 0.4) is 0 Å². The molecule has 1 aromatic heterocycles. The molecule has 1 atom stereocenters. The van der Waals surface area contributed by atoms with Gasteiger partial charge in [0.05, 0.1) is 18.8 Å². The van der Waals surface area contributed by atoms with Crippen LogP contribution in [0.15, 0.2) is 48.5 Å². The van der Waals surface area contributed by atoms with Crippen molar-refractivity contribution in [1.29, 1.82) is 0 Å². The number of hydrogen-bond donors (Lipinski definition) is 0. The van der Waals surface area contributed by atoms with Crippen LogP contribution in [0.2, 0.25) is 0 Å². The summed E-state index contributed by atoms with van der Waals surface area (Å²) >= 11 is 0. The molecule has 31 heavy (non-hydrogen) atoms. The van der Waals surface area contributed by atoms with E-state index in [9.17, 15) is 9.18 Å². The first-order valence-electron chi connectivity index (χ1n) is 10.5. The average molecular weight is 421 g/mol. The number of fused-ring (bicyclic) bond motifs is 1. The number of ether oxygens (including phenoxy) is 1. The summed E-state index contributed by atoms with van der Waals surface area (Å²) in [5.41, 5.74) is 4.35. The van der Waals surface area contributed by atoms with Crippen LogP contribution < -0.4 is 4.90 Å². The van der Waals surface area contributed by atoms with Gasteiger partial charge in [0.25, 0.3) is 5.91 Å². The van der Waals surface area contributed by atoms with Crippen molar-refractivity contribution in [1.82, 2.24) is 19.9 Å². The standard InChI is InChI=1S/C23H24FN5O2/c1-16-2-8-19(9-3-16)27-10-12-28(13-11-27)23(30)22-20-15-31-21(14-29(20)26-25-22)17-4-6-18(24)7-5-17/h2-9,21H,10-15H2,1H3/t21-/m1/s1. The molecule has 0 bridgehead atoms. The second-order valence-corrected chi connectivity index (χ2v) is 8.03. The Morgan fingerprint density at radius 3 is 2.45 bits per heavy atom. The molecular formula is C23H24FN5O2. The van der Waals surface area contributed by atoms with Gasteiger partial charge in [0.15, 0.2) is 5.69 Å². The second-order valence-electron chi connectivity index (χ2n) is 8.03. The molecular weight excluding hydrogens is 397 g/mol. The number of hydrogen-bond acceptors (Lipinski definition) is 5. The Balaban J connectivity index is 1.24. The predicted octanol–water partition coefficient (Wildman–Crippen LogP) is 2.96. The summed E-state index contributed by atoms with van der Waals surface area (Å²) < 4.78 is 20.9. The molecule has 3 aromatic rings. The van der Waals surface area contributed by atoms with Gasteiger partial charge in [0, 0.05) is 31.9 Å². The Labute approximate surface area is 180 Å². The van der Waals surface area contributed by atoms with Gasteiger partial charge in [0.1, 0.15) is 11.9 Å². The Kier molecular flexibility index (Phi) is 5.15. The van der Waals surface area contributed by atoms with Crippen LogP contribution in [0.5, 0.6) is 0 Å². The maximum atomic E-state index is 13.2. The summed E-state index contributed by atoms with van der Waals surface area (Å²) in [6, 6.07) is 14.7. The van der Waals surface area contributed by atoms with E-state index in [0.717, 1.165) is 18.7 Å². The SMILES string of the molecule is Cc1ccc(N2CCN(C(=O)c3nnn4c3CO[C@@H](c3ccc(F)cc3)C4)CC2)cc1. The number of anilines is 1. The first-order chi connectivity index (χ1) is 15.1. The minimum Gasteiger partial charge on any atom is -0.368 e. The number of amides is 1. The molecule has 3 heterocycles. The van der Waals surface area contributed by atoms with Gasteiger partial charge in [-0.05, 0) is 36.8 Å². The maximum Gasteiger partial charge on any atom is 0.276 e. The van der Waals surface area contributed by atoms with Gasteiger partial charge in [-0.2, -0.15) is 0 Å². The van der Waals surface area contributed by atoms with Crippen molar-refractivity contribution in [3.63, 3.8) is 0 Å². The van der Waals surface area contributed by atoms with Crippen molar-refractivity contribution >= 4 is 11.6 Å². The number of aryl methyl sites for hydroxylation is 1. The van der Waals surface area contributed by atoms with Crippen molar-refractivity contribution in [2.24, 2.45) is 0 Å². The molecule has 2 aliphatic heterocycles. The Morgan fingerprint density at radius 2 is 1.74 bits per heavy atom. The number of carbonyl (C=O) groups excluding carboxylic acids is 1. The molecule has 0 N–H and O–H groups in total. The first kappa shape index (κ1) is 19.7. The third-order valence-electron chi connectivity index (χ3n) is 6.01. The van der Waals surface area contributed by atoms with Crippen LogP contribution in [0, 0.1) is 12.7 Å². The van der Waals surface area contributed by atoms with E-state index in [1.54, 1.807) is 16.8 Å². The summed E-state index contributed by atoms with van der Waals surface area (Å²) in [7, 11) is 0. The van der Waals surface area contributed by atoms with E-state index < -0.39 is 0 Å². The van der Waals surface area contributed by atoms with Crippen molar-refractivity contribution in [3.8, 4) is 0 Å². The summed E-state index contributed by atoms with van der Waals surface area (Å²) in [6.45, 7) is 5.60. The highest BCUT2D eigenvalue weighted by molar-refractivity contribution is 5.93. The molecule has 7 nitrogen and oxygen atoms in total. The number of rotatable bonds is 3. The zero-order valence-corrected chi connectivity index (χ0v) is 17.4.